The van der Waals surface area contributed by atoms with Crippen LogP contribution in [0.5, 0.6) is 0 Å². The van der Waals surface area contributed by atoms with Crippen molar-refractivity contribution in [2.75, 3.05) is 13.1 Å². The van der Waals surface area contributed by atoms with E-state index in [1.807, 2.05) is 19.1 Å². The first-order chi connectivity index (χ1) is 19.4. The quantitative estimate of drug-likeness (QED) is 0.182. The Morgan fingerprint density at radius 2 is 1.93 bits per heavy atom. The maximum atomic E-state index is 15.6. The van der Waals surface area contributed by atoms with E-state index < -0.39 is 23.2 Å². The smallest absolute Gasteiger partial charge is 0.269 e. The largest absolute Gasteiger partial charge is 0.388 e. The number of carbonyl (C=O) groups is 1. The van der Waals surface area contributed by atoms with Crippen LogP contribution in [0.15, 0.2) is 47.7 Å². The first-order valence-electron chi connectivity index (χ1n) is 15.6. The molecule has 1 heterocycles. The van der Waals surface area contributed by atoms with E-state index in [1.165, 1.54) is 0 Å². The maximum absolute atomic E-state index is 15.6. The Labute approximate surface area is 247 Å². The van der Waals surface area contributed by atoms with Crippen molar-refractivity contribution in [3.63, 3.8) is 0 Å². The molecule has 0 radical (unpaired) electrons. The van der Waals surface area contributed by atoms with E-state index in [1.54, 1.807) is 17.9 Å². The lowest BCUT2D eigenvalue weighted by molar-refractivity contribution is -0.150. The molecule has 0 aromatic rings. The molecule has 1 N–H and O–H groups in total. The molecule has 8 heteroatoms. The standard InChI is InChI=1S/C33H45ClF4N2O/c1-4-31(3)27-19-25(34)11-13-29(27)40(15-14-33(31,37)38)30(41)22-10-12-28(24-17-21(16-22)18-24)39-20-23-8-6-7-9-26(23)32(35,36)5-2/h5,10,12,16,23-27,29,39H,2,4,6-9,11,13-15,17-20H2,1,3H3. The molecular formula is C33H45ClF4N2O. The molecule has 5 aliphatic carbocycles. The number of nitrogens with zero attached hydrogens (tertiary/aromatic N) is 1. The molecule has 1 saturated heterocycles. The molecule has 2 bridgehead atoms. The van der Waals surface area contributed by atoms with Crippen LogP contribution in [0.3, 0.4) is 0 Å². The minimum atomic E-state index is -2.89. The van der Waals surface area contributed by atoms with Gasteiger partial charge in [0.05, 0.1) is 0 Å². The minimum absolute atomic E-state index is 0.0219. The molecule has 6 aliphatic rings. The van der Waals surface area contributed by atoms with Gasteiger partial charge in [0.2, 0.25) is 0 Å². The van der Waals surface area contributed by atoms with E-state index in [9.17, 15) is 13.6 Å². The summed E-state index contributed by atoms with van der Waals surface area (Å²) >= 11 is 6.52. The number of rotatable bonds is 7. The highest BCUT2D eigenvalue weighted by Crippen LogP contribution is 2.55. The molecule has 0 aromatic heterocycles. The van der Waals surface area contributed by atoms with Crippen molar-refractivity contribution in [3.8, 4) is 0 Å². The fraction of sp³-hybridized carbons (Fsp3) is 0.727. The lowest BCUT2D eigenvalue weighted by Crippen LogP contribution is -2.53. The molecule has 0 spiro atoms. The van der Waals surface area contributed by atoms with Gasteiger partial charge in [-0.05, 0) is 81.4 Å². The van der Waals surface area contributed by atoms with Crippen LogP contribution in [-0.4, -0.2) is 47.2 Å². The zero-order valence-corrected chi connectivity index (χ0v) is 25.2. The third kappa shape index (κ3) is 5.78. The summed E-state index contributed by atoms with van der Waals surface area (Å²) in [5.74, 6) is -6.93. The normalized spacial score (nSPS) is 37.1. The zero-order valence-electron chi connectivity index (χ0n) is 24.4. The number of nitrogens with one attached hydrogen (secondary N) is 1. The van der Waals surface area contributed by atoms with Crippen LogP contribution < -0.4 is 5.32 Å². The van der Waals surface area contributed by atoms with Crippen molar-refractivity contribution in [1.29, 1.82) is 0 Å². The van der Waals surface area contributed by atoms with Crippen LogP contribution in [0.4, 0.5) is 17.6 Å². The highest BCUT2D eigenvalue weighted by molar-refractivity contribution is 6.20. The number of likely N-dealkylation sites (tertiary alicyclic amines) is 1. The average Bonchev–Trinajstić information content (AvgIpc) is 2.99. The first-order valence-corrected chi connectivity index (χ1v) is 16.0. The van der Waals surface area contributed by atoms with Gasteiger partial charge in [-0.1, -0.05) is 44.9 Å². The van der Waals surface area contributed by atoms with Crippen molar-refractivity contribution >= 4 is 17.5 Å². The number of fused-ring (bicyclic) bond motifs is 3. The van der Waals surface area contributed by atoms with Crippen LogP contribution in [0.2, 0.25) is 0 Å². The van der Waals surface area contributed by atoms with Crippen LogP contribution in [-0.2, 0) is 4.79 Å². The Kier molecular flexibility index (Phi) is 8.78. The summed E-state index contributed by atoms with van der Waals surface area (Å²) < 4.78 is 60.4. The molecule has 4 fully saturated rings. The molecule has 3 saturated carbocycles. The lowest BCUT2D eigenvalue weighted by atomic mass is 9.63. The molecule has 6 unspecified atom stereocenters. The van der Waals surface area contributed by atoms with E-state index in [-0.39, 0.29) is 48.0 Å². The number of amides is 1. The van der Waals surface area contributed by atoms with Gasteiger partial charge in [0.1, 0.15) is 0 Å². The minimum Gasteiger partial charge on any atom is -0.388 e. The molecule has 41 heavy (non-hydrogen) atoms. The van der Waals surface area contributed by atoms with Gasteiger partial charge >= 0.3 is 0 Å². The Morgan fingerprint density at radius 1 is 1.20 bits per heavy atom. The van der Waals surface area contributed by atoms with Gasteiger partial charge in [-0.3, -0.25) is 4.79 Å². The van der Waals surface area contributed by atoms with Crippen molar-refractivity contribution in [2.24, 2.45) is 29.1 Å². The molecular weight excluding hydrogens is 552 g/mol. The summed E-state index contributed by atoms with van der Waals surface area (Å²) in [7, 11) is 0. The number of hydrogen-bond donors (Lipinski definition) is 1. The third-order valence-electron chi connectivity index (χ3n) is 11.2. The maximum Gasteiger partial charge on any atom is 0.269 e. The average molecular weight is 597 g/mol. The van der Waals surface area contributed by atoms with Crippen molar-refractivity contribution in [3.05, 3.63) is 47.7 Å². The summed E-state index contributed by atoms with van der Waals surface area (Å²) in [4.78, 5) is 15.8. The van der Waals surface area contributed by atoms with Crippen molar-refractivity contribution < 1.29 is 22.4 Å². The number of allylic oxidation sites excluding steroid dienone is 5. The lowest BCUT2D eigenvalue weighted by Gasteiger charge is -2.48. The van der Waals surface area contributed by atoms with Gasteiger partial charge in [-0.15, -0.1) is 11.6 Å². The molecule has 1 aliphatic heterocycles. The second-order valence-electron chi connectivity index (χ2n) is 13.4. The highest BCUT2D eigenvalue weighted by Gasteiger charge is 2.59. The summed E-state index contributed by atoms with van der Waals surface area (Å²) in [6.07, 6.45) is 12.9. The SMILES string of the molecule is C=CC(F)(F)C1CCCCC1CNC1=CC=C(C(=O)N2CCC(F)(F)C(C)(CC)C3CC(Cl)CCC32)C=C2CC1C2. The van der Waals surface area contributed by atoms with Gasteiger partial charge in [0.25, 0.3) is 17.8 Å². The van der Waals surface area contributed by atoms with Gasteiger partial charge < -0.3 is 10.2 Å². The van der Waals surface area contributed by atoms with Crippen LogP contribution in [0.1, 0.15) is 84.5 Å². The summed E-state index contributed by atoms with van der Waals surface area (Å²) in [6.45, 7) is 7.36. The van der Waals surface area contributed by atoms with Gasteiger partial charge in [-0.2, -0.15) is 0 Å². The van der Waals surface area contributed by atoms with Crippen LogP contribution in [0.25, 0.3) is 0 Å². The third-order valence-corrected chi connectivity index (χ3v) is 11.6. The molecule has 1 amide bonds. The number of hydrogen-bond acceptors (Lipinski definition) is 2. The Morgan fingerprint density at radius 3 is 2.63 bits per heavy atom. The predicted molar refractivity (Wildman–Crippen MR) is 156 cm³/mol. The summed E-state index contributed by atoms with van der Waals surface area (Å²) in [6, 6.07) is -0.272. The highest BCUT2D eigenvalue weighted by atomic mass is 35.5. The Bertz CT molecular complexity index is 1110. The van der Waals surface area contributed by atoms with Crippen LogP contribution >= 0.6 is 11.6 Å². The van der Waals surface area contributed by atoms with Crippen molar-refractivity contribution in [2.45, 2.75) is 108 Å². The monoisotopic (exact) mass is 596 g/mol. The second-order valence-corrected chi connectivity index (χ2v) is 14.0. The zero-order chi connectivity index (χ0) is 29.6. The van der Waals surface area contributed by atoms with E-state index in [0.717, 1.165) is 49.5 Å². The van der Waals surface area contributed by atoms with E-state index in [4.69, 9.17) is 11.6 Å². The summed E-state index contributed by atoms with van der Waals surface area (Å²) in [5.41, 5.74) is 1.43. The van der Waals surface area contributed by atoms with Gasteiger partial charge in [0, 0.05) is 59.5 Å². The van der Waals surface area contributed by atoms with E-state index in [2.05, 4.69) is 11.9 Å². The molecule has 6 atom stereocenters. The molecule has 228 valence electrons. The number of alkyl halides is 5. The molecule has 3 nitrogen and oxygen atoms in total. The Hall–Kier alpha value is -1.76. The first kappa shape index (κ1) is 30.7. The summed E-state index contributed by atoms with van der Waals surface area (Å²) in [5, 5.41) is 3.33. The number of halogens is 5. The van der Waals surface area contributed by atoms with E-state index in [0.29, 0.717) is 44.2 Å². The van der Waals surface area contributed by atoms with Crippen molar-refractivity contribution in [1.82, 2.24) is 10.2 Å². The fourth-order valence-corrected chi connectivity index (χ4v) is 8.59. The fourth-order valence-electron chi connectivity index (χ4n) is 8.27. The number of carbonyl (C=O) groups excluding carboxylic acids is 1. The second kappa shape index (κ2) is 11.7. The molecule has 6 rings (SSSR count). The molecule has 0 aromatic carbocycles. The van der Waals surface area contributed by atoms with Gasteiger partial charge in [0.15, 0.2) is 0 Å². The van der Waals surface area contributed by atoms with Gasteiger partial charge in [-0.25, -0.2) is 17.6 Å². The van der Waals surface area contributed by atoms with E-state index >= 15 is 8.78 Å². The van der Waals surface area contributed by atoms with Crippen LogP contribution in [0, 0.1) is 29.1 Å². The topological polar surface area (TPSA) is 32.3 Å². The predicted octanol–water partition coefficient (Wildman–Crippen LogP) is 8.42. The Balaban J connectivity index is 1.37.